The Balaban J connectivity index is 1.81. The molecule has 2 aromatic rings. The first kappa shape index (κ1) is 23.1. The number of methoxy groups -OCH3 is 1. The molecule has 2 heterocycles. The van der Waals surface area contributed by atoms with Gasteiger partial charge in [0.05, 0.1) is 23.7 Å². The molecule has 1 aromatic heterocycles. The van der Waals surface area contributed by atoms with Gasteiger partial charge in [-0.05, 0) is 19.1 Å². The van der Waals surface area contributed by atoms with Gasteiger partial charge in [-0.3, -0.25) is 4.79 Å². The van der Waals surface area contributed by atoms with Crippen molar-refractivity contribution in [1.82, 2.24) is 19.2 Å². The van der Waals surface area contributed by atoms with Crippen LogP contribution in [0.25, 0.3) is 0 Å². The van der Waals surface area contributed by atoms with E-state index in [1.165, 1.54) is 11.4 Å². The fourth-order valence-corrected chi connectivity index (χ4v) is 4.61. The summed E-state index contributed by atoms with van der Waals surface area (Å²) in [7, 11) is 1.18. The normalized spacial score (nSPS) is 16.9. The summed E-state index contributed by atoms with van der Waals surface area (Å²) >= 11 is 0. The van der Waals surface area contributed by atoms with E-state index in [0.29, 0.717) is 37.8 Å². The van der Waals surface area contributed by atoms with Crippen molar-refractivity contribution in [3.63, 3.8) is 0 Å². The van der Waals surface area contributed by atoms with Gasteiger partial charge < -0.3 is 15.0 Å². The van der Waals surface area contributed by atoms with Gasteiger partial charge in [0.25, 0.3) is 0 Å². The summed E-state index contributed by atoms with van der Waals surface area (Å²) in [6, 6.07) is 8.54. The monoisotopic (exact) mass is 447 g/mol. The number of hydrogen-bond donors (Lipinski definition) is 1. The average Bonchev–Trinajstić information content (AvgIpc) is 3.12. The first-order chi connectivity index (χ1) is 14.7. The first-order valence-corrected chi connectivity index (χ1v) is 11.5. The zero-order valence-corrected chi connectivity index (χ0v) is 19.1. The Morgan fingerprint density at radius 1 is 1.26 bits per heavy atom. The molecule has 1 atom stereocenters. The molecule has 0 radical (unpaired) electrons. The molecule has 168 valence electrons. The van der Waals surface area contributed by atoms with E-state index >= 15 is 0 Å². The molecule has 0 aliphatic carbocycles. The number of anilines is 1. The Bertz CT molecular complexity index is 1030. The van der Waals surface area contributed by atoms with E-state index in [1.54, 1.807) is 43.3 Å². The minimum Gasteiger partial charge on any atom is -0.383 e. The molecule has 31 heavy (non-hydrogen) atoms. The lowest BCUT2D eigenvalue weighted by Gasteiger charge is -2.19. The van der Waals surface area contributed by atoms with Crippen LogP contribution in [-0.2, 0) is 26.1 Å². The van der Waals surface area contributed by atoms with Crippen LogP contribution in [0.2, 0.25) is 0 Å². The van der Waals surface area contributed by atoms with Crippen LogP contribution < -0.4 is 5.32 Å². The van der Waals surface area contributed by atoms with Crippen LogP contribution in [-0.4, -0.2) is 74.4 Å². The van der Waals surface area contributed by atoms with Crippen molar-refractivity contribution in [2.45, 2.75) is 30.7 Å². The number of aryl methyl sites for hydroxylation is 1. The Morgan fingerprint density at radius 3 is 2.61 bits per heavy atom. The molecule has 1 aliphatic rings. The van der Waals surface area contributed by atoms with Gasteiger partial charge in [0.1, 0.15) is 11.6 Å². The molecule has 10 heteroatoms. The van der Waals surface area contributed by atoms with Crippen molar-refractivity contribution in [2.75, 3.05) is 46.2 Å². The van der Waals surface area contributed by atoms with Crippen LogP contribution in [0.4, 0.5) is 5.82 Å². The summed E-state index contributed by atoms with van der Waals surface area (Å²) < 4.78 is 32.2. The van der Waals surface area contributed by atoms with E-state index in [-0.39, 0.29) is 23.3 Å². The number of sulfonamides is 1. The van der Waals surface area contributed by atoms with Crippen molar-refractivity contribution in [3.8, 4) is 0 Å². The highest BCUT2D eigenvalue weighted by Gasteiger charge is 2.32. The summed E-state index contributed by atoms with van der Waals surface area (Å²) in [5.41, 5.74) is 1.71. The number of nitrogens with zero attached hydrogens (tertiary/aromatic N) is 4. The third-order valence-electron chi connectivity index (χ3n) is 5.34. The van der Waals surface area contributed by atoms with Crippen LogP contribution in [0.5, 0.6) is 0 Å². The minimum atomic E-state index is -3.68. The third kappa shape index (κ3) is 5.38. The molecule has 9 nitrogen and oxygen atoms in total. The molecular weight excluding hydrogens is 418 g/mol. The van der Waals surface area contributed by atoms with Gasteiger partial charge in [-0.2, -0.15) is 4.31 Å². The number of hydrogen-bond acceptors (Lipinski definition) is 7. The topological polar surface area (TPSA) is 105 Å². The van der Waals surface area contributed by atoms with Crippen LogP contribution in [0.1, 0.15) is 29.4 Å². The van der Waals surface area contributed by atoms with Gasteiger partial charge in [0.15, 0.2) is 0 Å². The maximum atomic E-state index is 12.9. The largest absolute Gasteiger partial charge is 0.383 e. The number of carbonyl (C=O) groups excluding carboxylic acids is 1. The number of likely N-dealkylation sites (tertiary alicyclic amines) is 1. The van der Waals surface area contributed by atoms with Gasteiger partial charge in [0.2, 0.25) is 15.9 Å². The Kier molecular flexibility index (Phi) is 7.24. The highest BCUT2D eigenvalue weighted by molar-refractivity contribution is 7.89. The molecule has 1 saturated heterocycles. The van der Waals surface area contributed by atoms with E-state index in [0.717, 1.165) is 11.3 Å². The van der Waals surface area contributed by atoms with Crippen molar-refractivity contribution in [2.24, 2.45) is 0 Å². The van der Waals surface area contributed by atoms with E-state index in [1.807, 2.05) is 13.0 Å². The summed E-state index contributed by atoms with van der Waals surface area (Å²) in [6.45, 7) is 3.51. The minimum absolute atomic E-state index is 0.0206. The quantitative estimate of drug-likeness (QED) is 0.623. The molecule has 1 aliphatic heterocycles. The molecule has 0 unspecified atom stereocenters. The molecular formula is C21H29N5O4S. The van der Waals surface area contributed by atoms with Gasteiger partial charge in [-0.15, -0.1) is 0 Å². The van der Waals surface area contributed by atoms with Crippen molar-refractivity contribution < 1.29 is 17.9 Å². The first-order valence-electron chi connectivity index (χ1n) is 10.1. The lowest BCUT2D eigenvalue weighted by atomic mass is 10.0. The van der Waals surface area contributed by atoms with Gasteiger partial charge in [-0.25, -0.2) is 18.4 Å². The van der Waals surface area contributed by atoms with Gasteiger partial charge >= 0.3 is 0 Å². The van der Waals surface area contributed by atoms with E-state index in [4.69, 9.17) is 4.74 Å². The number of rotatable bonds is 9. The van der Waals surface area contributed by atoms with Crippen LogP contribution in [0.15, 0.2) is 35.2 Å². The molecule has 1 fully saturated rings. The summed E-state index contributed by atoms with van der Waals surface area (Å²) in [4.78, 5) is 23.3. The Hall–Kier alpha value is -2.56. The fourth-order valence-electron chi connectivity index (χ4n) is 3.49. The molecule has 1 N–H and O–H groups in total. The van der Waals surface area contributed by atoms with Gasteiger partial charge in [-0.1, -0.05) is 17.7 Å². The predicted octanol–water partition coefficient (Wildman–Crippen LogP) is 1.61. The standard InChI is InChI=1S/C21H29N5O4S/c1-15-5-7-17(8-6-15)31(28,29)25(3)14-20-23-18(12-19(22-2)24-20)16-11-21(27)26(13-16)9-10-30-4/h5-8,12,16H,9-11,13-14H2,1-4H3,(H,22,23,24)/t16-/m1/s1. The lowest BCUT2D eigenvalue weighted by molar-refractivity contribution is -0.128. The Labute approximate surface area is 183 Å². The third-order valence-corrected chi connectivity index (χ3v) is 7.16. The molecule has 0 bridgehead atoms. The number of ether oxygens (including phenoxy) is 1. The smallest absolute Gasteiger partial charge is 0.243 e. The van der Waals surface area contributed by atoms with Crippen molar-refractivity contribution >= 4 is 21.7 Å². The highest BCUT2D eigenvalue weighted by atomic mass is 32.2. The number of carbonyl (C=O) groups is 1. The second-order valence-electron chi connectivity index (χ2n) is 7.65. The van der Waals surface area contributed by atoms with Crippen LogP contribution in [0, 0.1) is 6.92 Å². The number of benzene rings is 1. The molecule has 1 aromatic carbocycles. The van der Waals surface area contributed by atoms with Crippen molar-refractivity contribution in [1.29, 1.82) is 0 Å². The molecule has 3 rings (SSSR count). The van der Waals surface area contributed by atoms with Gasteiger partial charge in [0, 0.05) is 52.7 Å². The van der Waals surface area contributed by atoms with Crippen LogP contribution in [0.3, 0.4) is 0 Å². The second-order valence-corrected chi connectivity index (χ2v) is 9.70. The summed E-state index contributed by atoms with van der Waals surface area (Å²) in [5, 5.41) is 3.00. The second kappa shape index (κ2) is 9.71. The molecule has 0 saturated carbocycles. The van der Waals surface area contributed by atoms with E-state index in [2.05, 4.69) is 15.3 Å². The SMILES string of the molecule is CNc1cc([C@@H]2CC(=O)N(CCOC)C2)nc(CN(C)S(=O)(=O)c2ccc(C)cc2)n1. The molecule has 1 amide bonds. The molecule has 0 spiro atoms. The predicted molar refractivity (Wildman–Crippen MR) is 117 cm³/mol. The maximum absolute atomic E-state index is 12.9. The van der Waals surface area contributed by atoms with E-state index < -0.39 is 10.0 Å². The zero-order chi connectivity index (χ0) is 22.6. The van der Waals surface area contributed by atoms with Crippen LogP contribution >= 0.6 is 0 Å². The maximum Gasteiger partial charge on any atom is 0.243 e. The number of nitrogens with one attached hydrogen (secondary N) is 1. The van der Waals surface area contributed by atoms with E-state index in [9.17, 15) is 13.2 Å². The van der Waals surface area contributed by atoms with Crippen molar-refractivity contribution in [3.05, 3.63) is 47.4 Å². The summed E-state index contributed by atoms with van der Waals surface area (Å²) in [5.74, 6) is 0.955. The number of aromatic nitrogens is 2. The fraction of sp³-hybridized carbons (Fsp3) is 0.476. The summed E-state index contributed by atoms with van der Waals surface area (Å²) in [6.07, 6.45) is 0.362. The lowest BCUT2D eigenvalue weighted by Crippen LogP contribution is -2.29. The highest BCUT2D eigenvalue weighted by Crippen LogP contribution is 2.28. The zero-order valence-electron chi connectivity index (χ0n) is 18.3. The number of amides is 1. The Morgan fingerprint density at radius 2 is 1.97 bits per heavy atom. The average molecular weight is 448 g/mol.